The molecule has 2 heterocycles. The van der Waals surface area contributed by atoms with Crippen LogP contribution in [0.4, 0.5) is 0 Å². The van der Waals surface area contributed by atoms with E-state index in [-0.39, 0.29) is 11.6 Å². The van der Waals surface area contributed by atoms with Gasteiger partial charge in [-0.2, -0.15) is 0 Å². The Labute approximate surface area is 112 Å². The highest BCUT2D eigenvalue weighted by atomic mass is 16.4. The van der Waals surface area contributed by atoms with E-state index in [0.29, 0.717) is 24.6 Å². The lowest BCUT2D eigenvalue weighted by Gasteiger charge is -2.20. The van der Waals surface area contributed by atoms with E-state index in [1.54, 1.807) is 17.0 Å². The summed E-state index contributed by atoms with van der Waals surface area (Å²) in [6.07, 6.45) is 2.49. The maximum atomic E-state index is 12.0. The molecule has 1 unspecified atom stereocenters. The van der Waals surface area contributed by atoms with Crippen molar-refractivity contribution in [1.29, 1.82) is 0 Å². The Kier molecular flexibility index (Phi) is 4.14. The molecule has 1 aromatic rings. The molecule has 0 radical (unpaired) electrons. The number of amides is 1. The third-order valence-corrected chi connectivity index (χ3v) is 3.47. The molecule has 19 heavy (non-hydrogen) atoms. The van der Waals surface area contributed by atoms with Crippen molar-refractivity contribution in [3.05, 3.63) is 29.6 Å². The van der Waals surface area contributed by atoms with E-state index < -0.39 is 5.97 Å². The molecule has 0 saturated carbocycles. The quantitative estimate of drug-likeness (QED) is 0.903. The SMILES string of the molecule is CC1CCC(=O)N(Cc2cccc(C(=O)O)n2)CC1. The zero-order valence-corrected chi connectivity index (χ0v) is 11.0. The van der Waals surface area contributed by atoms with E-state index in [1.165, 1.54) is 6.07 Å². The lowest BCUT2D eigenvalue weighted by Crippen LogP contribution is -2.30. The van der Waals surface area contributed by atoms with Crippen LogP contribution >= 0.6 is 0 Å². The monoisotopic (exact) mass is 262 g/mol. The Hall–Kier alpha value is -1.91. The van der Waals surface area contributed by atoms with Crippen LogP contribution in [0.3, 0.4) is 0 Å². The third kappa shape index (κ3) is 3.53. The topological polar surface area (TPSA) is 70.5 Å². The summed E-state index contributed by atoms with van der Waals surface area (Å²) in [5, 5.41) is 8.90. The Morgan fingerprint density at radius 1 is 1.47 bits per heavy atom. The summed E-state index contributed by atoms with van der Waals surface area (Å²) in [5.41, 5.74) is 0.649. The first-order chi connectivity index (χ1) is 9.06. The minimum atomic E-state index is -1.04. The lowest BCUT2D eigenvalue weighted by molar-refractivity contribution is -0.131. The van der Waals surface area contributed by atoms with Crippen molar-refractivity contribution in [3.8, 4) is 0 Å². The summed E-state index contributed by atoms with van der Waals surface area (Å²) < 4.78 is 0. The average Bonchev–Trinajstić information content (AvgIpc) is 2.54. The van der Waals surface area contributed by atoms with Crippen LogP contribution in [0.2, 0.25) is 0 Å². The number of rotatable bonds is 3. The lowest BCUT2D eigenvalue weighted by atomic mass is 10.0. The van der Waals surface area contributed by atoms with Crippen LogP contribution in [0.1, 0.15) is 42.4 Å². The van der Waals surface area contributed by atoms with Gasteiger partial charge in [0.25, 0.3) is 0 Å². The average molecular weight is 262 g/mol. The minimum Gasteiger partial charge on any atom is -0.477 e. The minimum absolute atomic E-state index is 0.0214. The predicted octanol–water partition coefficient (Wildman–Crippen LogP) is 1.93. The van der Waals surface area contributed by atoms with Gasteiger partial charge in [-0.15, -0.1) is 0 Å². The van der Waals surface area contributed by atoms with E-state index in [9.17, 15) is 9.59 Å². The molecule has 2 rings (SSSR count). The second-order valence-corrected chi connectivity index (χ2v) is 5.07. The number of carboxylic acids is 1. The molecule has 5 heteroatoms. The Morgan fingerprint density at radius 3 is 3.00 bits per heavy atom. The number of aromatic nitrogens is 1. The molecule has 0 bridgehead atoms. The summed E-state index contributed by atoms with van der Waals surface area (Å²) in [5.74, 6) is -0.350. The Balaban J connectivity index is 2.09. The van der Waals surface area contributed by atoms with Crippen molar-refractivity contribution in [2.45, 2.75) is 32.7 Å². The van der Waals surface area contributed by atoms with Gasteiger partial charge < -0.3 is 10.0 Å². The second kappa shape index (κ2) is 5.82. The van der Waals surface area contributed by atoms with E-state index in [0.717, 1.165) is 19.4 Å². The van der Waals surface area contributed by atoms with Gasteiger partial charge in [-0.05, 0) is 30.9 Å². The van der Waals surface area contributed by atoms with Crippen molar-refractivity contribution in [3.63, 3.8) is 0 Å². The molecule has 5 nitrogen and oxygen atoms in total. The molecule has 0 spiro atoms. The molecule has 1 aliphatic rings. The number of hydrogen-bond donors (Lipinski definition) is 1. The van der Waals surface area contributed by atoms with Gasteiger partial charge in [0.15, 0.2) is 0 Å². The number of carbonyl (C=O) groups excluding carboxylic acids is 1. The Morgan fingerprint density at radius 2 is 2.26 bits per heavy atom. The van der Waals surface area contributed by atoms with Crippen LogP contribution < -0.4 is 0 Å². The number of nitrogens with zero attached hydrogens (tertiary/aromatic N) is 2. The smallest absolute Gasteiger partial charge is 0.354 e. The Bertz CT molecular complexity index is 487. The van der Waals surface area contributed by atoms with E-state index in [2.05, 4.69) is 11.9 Å². The highest BCUT2D eigenvalue weighted by Crippen LogP contribution is 2.18. The predicted molar refractivity (Wildman–Crippen MR) is 69.6 cm³/mol. The standard InChI is InChI=1S/C14H18N2O3/c1-10-5-6-13(17)16(8-7-10)9-11-3-2-4-12(15-11)14(18)19/h2-4,10H,5-9H2,1H3,(H,18,19). The zero-order chi connectivity index (χ0) is 13.8. The van der Waals surface area contributed by atoms with Crippen molar-refractivity contribution in [1.82, 2.24) is 9.88 Å². The van der Waals surface area contributed by atoms with E-state index >= 15 is 0 Å². The summed E-state index contributed by atoms with van der Waals surface area (Å²) in [6.45, 7) is 3.27. The molecule has 1 amide bonds. The van der Waals surface area contributed by atoms with E-state index in [1.807, 2.05) is 0 Å². The van der Waals surface area contributed by atoms with Gasteiger partial charge in [0.1, 0.15) is 5.69 Å². The van der Waals surface area contributed by atoms with Crippen molar-refractivity contribution in [2.75, 3.05) is 6.54 Å². The molecule has 1 saturated heterocycles. The number of hydrogen-bond acceptors (Lipinski definition) is 3. The molecule has 1 aromatic heterocycles. The molecule has 102 valence electrons. The van der Waals surface area contributed by atoms with Crippen LogP contribution in [0.15, 0.2) is 18.2 Å². The molecular weight excluding hydrogens is 244 g/mol. The van der Waals surface area contributed by atoms with Gasteiger partial charge in [-0.25, -0.2) is 9.78 Å². The van der Waals surface area contributed by atoms with Crippen molar-refractivity contribution < 1.29 is 14.7 Å². The first kappa shape index (κ1) is 13.5. The summed E-state index contributed by atoms with van der Waals surface area (Å²) in [6, 6.07) is 4.88. The summed E-state index contributed by atoms with van der Waals surface area (Å²) >= 11 is 0. The normalized spacial score (nSPS) is 20.2. The van der Waals surface area contributed by atoms with Crippen LogP contribution in [0, 0.1) is 5.92 Å². The van der Waals surface area contributed by atoms with Crippen LogP contribution in [-0.4, -0.2) is 33.4 Å². The van der Waals surface area contributed by atoms with Crippen LogP contribution in [0.25, 0.3) is 0 Å². The zero-order valence-electron chi connectivity index (χ0n) is 11.0. The first-order valence-electron chi connectivity index (χ1n) is 6.53. The van der Waals surface area contributed by atoms with Gasteiger partial charge in [0.2, 0.25) is 5.91 Å². The van der Waals surface area contributed by atoms with Gasteiger partial charge in [-0.1, -0.05) is 13.0 Å². The highest BCUT2D eigenvalue weighted by molar-refractivity contribution is 5.85. The van der Waals surface area contributed by atoms with Crippen LogP contribution in [-0.2, 0) is 11.3 Å². The summed E-state index contributed by atoms with van der Waals surface area (Å²) in [7, 11) is 0. The van der Waals surface area contributed by atoms with Crippen LogP contribution in [0.5, 0.6) is 0 Å². The molecule has 1 fully saturated rings. The van der Waals surface area contributed by atoms with Gasteiger partial charge in [0, 0.05) is 13.0 Å². The number of pyridine rings is 1. The third-order valence-electron chi connectivity index (χ3n) is 3.47. The maximum absolute atomic E-state index is 12.0. The number of carboxylic acid groups (broad SMARTS) is 1. The number of carbonyl (C=O) groups is 2. The second-order valence-electron chi connectivity index (χ2n) is 5.07. The van der Waals surface area contributed by atoms with Gasteiger partial charge in [-0.3, -0.25) is 4.79 Å². The fourth-order valence-electron chi connectivity index (χ4n) is 2.22. The van der Waals surface area contributed by atoms with Crippen molar-refractivity contribution in [2.24, 2.45) is 5.92 Å². The molecule has 1 aliphatic heterocycles. The fraction of sp³-hybridized carbons (Fsp3) is 0.500. The maximum Gasteiger partial charge on any atom is 0.354 e. The molecule has 1 N–H and O–H groups in total. The highest BCUT2D eigenvalue weighted by Gasteiger charge is 2.20. The fourth-order valence-corrected chi connectivity index (χ4v) is 2.22. The first-order valence-corrected chi connectivity index (χ1v) is 6.53. The number of likely N-dealkylation sites (tertiary alicyclic amines) is 1. The number of aromatic carboxylic acids is 1. The molecule has 1 atom stereocenters. The van der Waals surface area contributed by atoms with E-state index in [4.69, 9.17) is 5.11 Å². The molecular formula is C14H18N2O3. The molecule has 0 aliphatic carbocycles. The summed E-state index contributed by atoms with van der Waals surface area (Å²) in [4.78, 5) is 28.7. The van der Waals surface area contributed by atoms with Gasteiger partial charge >= 0.3 is 5.97 Å². The van der Waals surface area contributed by atoms with Gasteiger partial charge in [0.05, 0.1) is 12.2 Å². The molecule has 0 aromatic carbocycles. The largest absolute Gasteiger partial charge is 0.477 e. The van der Waals surface area contributed by atoms with Crippen molar-refractivity contribution >= 4 is 11.9 Å².